The molecule has 9 nitrogen and oxygen atoms in total. The third kappa shape index (κ3) is 5.67. The molecule has 4 rings (SSSR count). The smallest absolute Gasteiger partial charge is 0.276 e. The topological polar surface area (TPSA) is 117 Å². The van der Waals surface area contributed by atoms with Gasteiger partial charge in [-0.3, -0.25) is 26.1 Å². The van der Waals surface area contributed by atoms with Crippen molar-refractivity contribution in [2.24, 2.45) is 0 Å². The fourth-order valence-corrected chi connectivity index (χ4v) is 2.95. The minimum atomic E-state index is -0.387. The van der Waals surface area contributed by atoms with E-state index < -0.39 is 0 Å². The molecule has 0 aliphatic carbocycles. The van der Waals surface area contributed by atoms with Gasteiger partial charge in [0.2, 0.25) is 0 Å². The van der Waals surface area contributed by atoms with Gasteiger partial charge in [0.05, 0.1) is 11.4 Å². The number of nitrogen functional groups attached to an aromatic ring is 1. The van der Waals surface area contributed by atoms with Crippen LogP contribution in [0.2, 0.25) is 0 Å². The van der Waals surface area contributed by atoms with Crippen LogP contribution >= 0.6 is 0 Å². The summed E-state index contributed by atoms with van der Waals surface area (Å²) in [6, 6.07) is 28.6. The van der Waals surface area contributed by atoms with Crippen molar-refractivity contribution in [3.8, 4) is 5.75 Å². The number of hydrogen-bond donors (Lipinski definition) is 4. The minimum absolute atomic E-state index is 0.164. The summed E-state index contributed by atoms with van der Waals surface area (Å²) in [5.41, 5.74) is 16.8. The van der Waals surface area contributed by atoms with Gasteiger partial charge in [0.15, 0.2) is 18.2 Å². The molecule has 0 aliphatic heterocycles. The largest absolute Gasteiger partial charge is 0.484 e. The first-order chi connectivity index (χ1) is 16.2. The second-order valence-electron chi connectivity index (χ2n) is 6.88. The lowest BCUT2D eigenvalue weighted by Gasteiger charge is -2.26. The highest BCUT2D eigenvalue weighted by Crippen LogP contribution is 2.29. The number of anilines is 5. The molecule has 0 radical (unpaired) electrons. The average Bonchev–Trinajstić information content (AvgIpc) is 2.88. The van der Waals surface area contributed by atoms with Gasteiger partial charge in [-0.05, 0) is 36.4 Å². The van der Waals surface area contributed by atoms with Crippen molar-refractivity contribution < 1.29 is 9.53 Å². The van der Waals surface area contributed by atoms with Crippen LogP contribution in [0.1, 0.15) is 0 Å². The van der Waals surface area contributed by atoms with Crippen LogP contribution in [-0.2, 0) is 4.79 Å². The molecule has 1 amide bonds. The van der Waals surface area contributed by atoms with Gasteiger partial charge in [-0.25, -0.2) is 9.97 Å². The summed E-state index contributed by atoms with van der Waals surface area (Å²) < 4.78 is 5.43. The molecule has 0 atom stereocenters. The molecule has 9 heteroatoms. The zero-order valence-corrected chi connectivity index (χ0v) is 17.7. The number of para-hydroxylation sites is 3. The van der Waals surface area contributed by atoms with Crippen LogP contribution in [0.4, 0.5) is 28.7 Å². The Bertz CT molecular complexity index is 1140. The van der Waals surface area contributed by atoms with Gasteiger partial charge < -0.3 is 10.5 Å². The Morgan fingerprint density at radius 3 is 1.97 bits per heavy atom. The van der Waals surface area contributed by atoms with E-state index >= 15 is 0 Å². The standard InChI is InChI=1S/C24H23N7O2/c25-22-23(29-28-21(32)16-33-20-14-8-3-9-15-20)26-17-27-24(22)30-31(18-10-4-1-5-11-18)19-12-6-2-7-13-19/h1-15,17H,16,25H2,(H,28,32)(H2,26,27,29,30). The molecule has 0 saturated heterocycles. The second kappa shape index (κ2) is 10.5. The van der Waals surface area contributed by atoms with E-state index in [1.54, 1.807) is 12.1 Å². The maximum atomic E-state index is 12.1. The van der Waals surface area contributed by atoms with Gasteiger partial charge in [0.25, 0.3) is 5.91 Å². The number of carbonyl (C=O) groups excluding carboxylic acids is 1. The predicted molar refractivity (Wildman–Crippen MR) is 129 cm³/mol. The number of benzene rings is 3. The van der Waals surface area contributed by atoms with E-state index in [4.69, 9.17) is 10.5 Å². The Balaban J connectivity index is 1.45. The molecule has 0 unspecified atom stereocenters. The molecule has 5 N–H and O–H groups in total. The molecule has 1 heterocycles. The number of ether oxygens (including phenoxy) is 1. The van der Waals surface area contributed by atoms with Gasteiger partial charge >= 0.3 is 0 Å². The van der Waals surface area contributed by atoms with Gasteiger partial charge in [0.1, 0.15) is 17.8 Å². The van der Waals surface area contributed by atoms with Crippen molar-refractivity contribution >= 4 is 34.6 Å². The Morgan fingerprint density at radius 1 is 0.818 bits per heavy atom. The van der Waals surface area contributed by atoms with Crippen LogP contribution in [0, 0.1) is 0 Å². The number of nitrogens with one attached hydrogen (secondary N) is 3. The number of rotatable bonds is 9. The van der Waals surface area contributed by atoms with E-state index in [-0.39, 0.29) is 24.0 Å². The fourth-order valence-electron chi connectivity index (χ4n) is 2.95. The normalized spacial score (nSPS) is 10.2. The van der Waals surface area contributed by atoms with Crippen molar-refractivity contribution in [1.29, 1.82) is 0 Å². The van der Waals surface area contributed by atoms with Gasteiger partial charge in [-0.1, -0.05) is 54.6 Å². The van der Waals surface area contributed by atoms with Gasteiger partial charge in [0, 0.05) is 0 Å². The van der Waals surface area contributed by atoms with E-state index in [1.807, 2.05) is 83.9 Å². The first kappa shape index (κ1) is 21.4. The van der Waals surface area contributed by atoms with Crippen LogP contribution in [-0.4, -0.2) is 22.5 Å². The van der Waals surface area contributed by atoms with Crippen LogP contribution < -0.4 is 31.8 Å². The summed E-state index contributed by atoms with van der Waals surface area (Å²) >= 11 is 0. The molecule has 0 saturated carbocycles. The molecule has 166 valence electrons. The molecule has 0 spiro atoms. The van der Waals surface area contributed by atoms with Crippen molar-refractivity contribution in [1.82, 2.24) is 15.4 Å². The highest BCUT2D eigenvalue weighted by molar-refractivity contribution is 5.82. The zero-order valence-electron chi connectivity index (χ0n) is 17.7. The van der Waals surface area contributed by atoms with Crippen LogP contribution in [0.3, 0.4) is 0 Å². The van der Waals surface area contributed by atoms with Crippen molar-refractivity contribution in [2.75, 3.05) is 28.2 Å². The van der Waals surface area contributed by atoms with Gasteiger partial charge in [-0.15, -0.1) is 0 Å². The summed E-state index contributed by atoms with van der Waals surface area (Å²) in [5, 5.41) is 1.86. The van der Waals surface area contributed by atoms with E-state index in [0.717, 1.165) is 11.4 Å². The third-order valence-corrected chi connectivity index (χ3v) is 4.56. The molecule has 0 fully saturated rings. The Labute approximate surface area is 191 Å². The number of nitrogens with zero attached hydrogens (tertiary/aromatic N) is 3. The van der Waals surface area contributed by atoms with E-state index in [2.05, 4.69) is 26.2 Å². The summed E-state index contributed by atoms with van der Waals surface area (Å²) in [4.78, 5) is 20.5. The predicted octanol–water partition coefficient (Wildman–Crippen LogP) is 3.75. The monoisotopic (exact) mass is 441 g/mol. The number of hydrogen-bond acceptors (Lipinski definition) is 8. The maximum Gasteiger partial charge on any atom is 0.276 e. The summed E-state index contributed by atoms with van der Waals surface area (Å²) in [6.07, 6.45) is 1.35. The average molecular weight is 441 g/mol. The van der Waals surface area contributed by atoms with Crippen LogP contribution in [0.25, 0.3) is 0 Å². The van der Waals surface area contributed by atoms with Crippen molar-refractivity contribution in [3.05, 3.63) is 97.3 Å². The Morgan fingerprint density at radius 2 is 1.36 bits per heavy atom. The SMILES string of the molecule is Nc1c(NNC(=O)COc2ccccc2)ncnc1NN(c1ccccc1)c1ccccc1. The molecular weight excluding hydrogens is 418 g/mol. The fraction of sp³-hybridized carbons (Fsp3) is 0.0417. The van der Waals surface area contributed by atoms with Crippen LogP contribution in [0.15, 0.2) is 97.3 Å². The Hall–Kier alpha value is -4.79. The summed E-state index contributed by atoms with van der Waals surface area (Å²) in [6.45, 7) is -0.164. The number of nitrogens with two attached hydrogens (primary N) is 1. The molecule has 3 aromatic carbocycles. The number of carbonyl (C=O) groups is 1. The third-order valence-electron chi connectivity index (χ3n) is 4.56. The minimum Gasteiger partial charge on any atom is -0.484 e. The number of hydrazine groups is 2. The first-order valence-corrected chi connectivity index (χ1v) is 10.2. The lowest BCUT2D eigenvalue weighted by atomic mass is 10.2. The molecule has 4 aromatic rings. The molecule has 1 aromatic heterocycles. The van der Waals surface area contributed by atoms with E-state index in [0.29, 0.717) is 11.6 Å². The number of aromatic nitrogens is 2. The summed E-state index contributed by atoms with van der Waals surface area (Å²) in [5.74, 6) is 0.834. The molecule has 0 aliphatic rings. The zero-order chi connectivity index (χ0) is 22.9. The highest BCUT2D eigenvalue weighted by atomic mass is 16.5. The molecule has 33 heavy (non-hydrogen) atoms. The molecule has 0 bridgehead atoms. The lowest BCUT2D eigenvalue weighted by molar-refractivity contribution is -0.122. The second-order valence-corrected chi connectivity index (χ2v) is 6.88. The quantitative estimate of drug-likeness (QED) is 0.290. The van der Waals surface area contributed by atoms with Gasteiger partial charge in [-0.2, -0.15) is 0 Å². The molecular formula is C24H23N7O2. The number of amides is 1. The highest BCUT2D eigenvalue weighted by Gasteiger charge is 2.14. The maximum absolute atomic E-state index is 12.1. The van der Waals surface area contributed by atoms with E-state index in [1.165, 1.54) is 6.33 Å². The lowest BCUT2D eigenvalue weighted by Crippen LogP contribution is -2.34. The summed E-state index contributed by atoms with van der Waals surface area (Å²) in [7, 11) is 0. The first-order valence-electron chi connectivity index (χ1n) is 10.2. The Kier molecular flexibility index (Phi) is 6.82. The van der Waals surface area contributed by atoms with Crippen molar-refractivity contribution in [2.45, 2.75) is 0 Å². The van der Waals surface area contributed by atoms with E-state index in [9.17, 15) is 4.79 Å². The van der Waals surface area contributed by atoms with Crippen molar-refractivity contribution in [3.63, 3.8) is 0 Å². The van der Waals surface area contributed by atoms with Crippen LogP contribution in [0.5, 0.6) is 5.75 Å².